The largest absolute Gasteiger partial charge is 0.490 e. The van der Waals surface area contributed by atoms with E-state index in [1.54, 1.807) is 0 Å². The maximum atomic E-state index is 12.1. The molecule has 0 aromatic carbocycles. The van der Waals surface area contributed by atoms with Gasteiger partial charge in [0.1, 0.15) is 18.3 Å². The summed E-state index contributed by atoms with van der Waals surface area (Å²) < 4.78 is 50.8. The number of aromatic amines is 1. The van der Waals surface area contributed by atoms with Crippen LogP contribution < -0.4 is 21.3 Å². The summed E-state index contributed by atoms with van der Waals surface area (Å²) in [5, 5.41) is 21.7. The summed E-state index contributed by atoms with van der Waals surface area (Å²) in [7, 11) is -16.8. The molecule has 2 unspecified atom stereocenters. The second-order valence-electron chi connectivity index (χ2n) is 6.72. The first kappa shape index (κ1) is 24.6. The average molecular weight is 539 g/mol. The number of fused-ring (bicyclic) bond motifs is 3. The van der Waals surface area contributed by atoms with E-state index in [1.165, 1.54) is 4.90 Å². The number of nitrogens with two attached hydrogens (primary N) is 1. The number of anilines is 3. The number of hydrogen-bond donors (Lipinski definition) is 8. The number of H-pyrrole nitrogens is 1. The molecule has 2 fully saturated rings. The molecule has 4 rings (SSSR count). The molecule has 0 spiro atoms. The number of ether oxygens (including phenoxy) is 1. The molecule has 33 heavy (non-hydrogen) atoms. The summed E-state index contributed by atoms with van der Waals surface area (Å²) in [6.07, 6.45) is -7.33. The van der Waals surface area contributed by atoms with Crippen LogP contribution in [0.25, 0.3) is 0 Å². The van der Waals surface area contributed by atoms with E-state index in [4.69, 9.17) is 30.0 Å². The highest BCUT2D eigenvalue weighted by molar-refractivity contribution is 7.66. The minimum Gasteiger partial charge on any atom is -0.387 e. The van der Waals surface area contributed by atoms with Gasteiger partial charge in [-0.3, -0.25) is 19.2 Å². The van der Waals surface area contributed by atoms with Crippen LogP contribution in [0.5, 0.6) is 0 Å². The van der Waals surface area contributed by atoms with Crippen LogP contribution >= 0.6 is 23.5 Å². The van der Waals surface area contributed by atoms with E-state index in [0.29, 0.717) is 0 Å². The highest BCUT2D eigenvalue weighted by atomic mass is 31.3. The summed E-state index contributed by atoms with van der Waals surface area (Å²) in [6.45, 7) is -1.01. The predicted octanol–water partition coefficient (Wildman–Crippen LogP) is -3.00. The molecule has 0 radical (unpaired) electrons. The second-order valence-corrected chi connectivity index (χ2v) is 11.1. The Labute approximate surface area is 181 Å². The van der Waals surface area contributed by atoms with Gasteiger partial charge in [0.2, 0.25) is 5.95 Å². The van der Waals surface area contributed by atoms with Crippen LogP contribution in [0.4, 0.5) is 17.5 Å². The van der Waals surface area contributed by atoms with E-state index >= 15 is 0 Å². The van der Waals surface area contributed by atoms with Gasteiger partial charge in [-0.25, -0.2) is 18.5 Å². The molecule has 0 aliphatic carbocycles. The zero-order valence-corrected chi connectivity index (χ0v) is 18.4. The van der Waals surface area contributed by atoms with Gasteiger partial charge >= 0.3 is 23.5 Å². The first-order valence-electron chi connectivity index (χ1n) is 8.53. The van der Waals surface area contributed by atoms with Gasteiger partial charge in [0, 0.05) is 0 Å². The number of aliphatic hydroxyl groups excluding tert-OH is 2. The third-order valence-corrected chi connectivity index (χ3v) is 8.19. The fraction of sp³-hybridized carbons (Fsp3) is 0.600. The lowest BCUT2D eigenvalue weighted by molar-refractivity contribution is -0.0243. The monoisotopic (exact) mass is 539 g/mol. The topological polar surface area (TPSA) is 300 Å². The Bertz CT molecular complexity index is 1160. The summed E-state index contributed by atoms with van der Waals surface area (Å²) in [5.41, 5.74) is 4.83. The molecule has 1 aromatic heterocycles. The lowest BCUT2D eigenvalue weighted by Gasteiger charge is -2.26. The van der Waals surface area contributed by atoms with E-state index in [9.17, 15) is 33.6 Å². The summed E-state index contributed by atoms with van der Waals surface area (Å²) in [4.78, 5) is 60.3. The molecule has 0 amide bonds. The predicted molar refractivity (Wildman–Crippen MR) is 99.6 cm³/mol. The molecule has 1 aromatic rings. The van der Waals surface area contributed by atoms with Crippen molar-refractivity contribution in [3.63, 3.8) is 0 Å². The quantitative estimate of drug-likeness (QED) is 0.120. The fourth-order valence-electron chi connectivity index (χ4n) is 3.17. The molecule has 23 heteroatoms. The number of nitrogens with one attached hydrogen (secondary N) is 1. The number of phosphoric ester groups is 1. The first-order chi connectivity index (χ1) is 15.1. The number of nitrogens with zero attached hydrogens (tertiary/aromatic N) is 3. The van der Waals surface area contributed by atoms with Crippen molar-refractivity contribution < 1.29 is 66.2 Å². The van der Waals surface area contributed by atoms with Gasteiger partial charge < -0.3 is 40.3 Å². The van der Waals surface area contributed by atoms with Gasteiger partial charge in [-0.15, -0.1) is 0 Å². The SMILES string of the molecule is Nc1nc2c(c(=O)[nH]1)N1O[C@@H]1N2[C@@H]1O[C@H](COP(=O)(O)OP(=O)(O)OP(=O)(O)O)[C@@H](O)[C@H]1O. The maximum absolute atomic E-state index is 12.1. The fourth-order valence-corrected chi connectivity index (χ4v) is 6.20. The zero-order chi connectivity index (χ0) is 24.5. The maximum Gasteiger partial charge on any atom is 0.490 e. The minimum atomic E-state index is -5.74. The van der Waals surface area contributed by atoms with Crippen molar-refractivity contribution in [2.24, 2.45) is 0 Å². The number of nitrogen functional groups attached to an aromatic ring is 1. The molecular weight excluding hydrogens is 523 g/mol. The zero-order valence-electron chi connectivity index (χ0n) is 15.7. The van der Waals surface area contributed by atoms with Gasteiger partial charge in [0.05, 0.1) is 6.61 Å². The van der Waals surface area contributed by atoms with Crippen molar-refractivity contribution in [1.82, 2.24) is 9.97 Å². The van der Waals surface area contributed by atoms with E-state index in [-0.39, 0.29) is 17.5 Å². The average Bonchev–Trinajstić information content (AvgIpc) is 3.24. The van der Waals surface area contributed by atoms with Crippen molar-refractivity contribution in [3.05, 3.63) is 10.4 Å². The number of rotatable bonds is 8. The Morgan fingerprint density at radius 2 is 1.76 bits per heavy atom. The summed E-state index contributed by atoms with van der Waals surface area (Å²) in [6, 6.07) is 0. The van der Waals surface area contributed by atoms with Crippen molar-refractivity contribution in [2.45, 2.75) is 30.9 Å². The molecule has 2 saturated heterocycles. The number of aromatic nitrogens is 2. The van der Waals surface area contributed by atoms with Gasteiger partial charge in [0.15, 0.2) is 17.7 Å². The molecule has 0 saturated carbocycles. The Morgan fingerprint density at radius 3 is 2.39 bits per heavy atom. The third kappa shape index (κ3) is 5.00. The molecule has 4 heterocycles. The number of hydrogen-bond acceptors (Lipinski definition) is 15. The standard InChI is InChI=1S/C10H16N5O15P3/c11-9-12-6-3(7(18)13-9)15-10(28-15)14(6)8-5(17)4(16)2(27-8)1-26-32(22,23)30-33(24,25)29-31(19,20)21/h2,4-5,8,10,16-17H,1H2,(H,22,23)(H,24,25)(H2,19,20,21)(H3,11,12,13,18)/t2-,4-,5-,8-,10-,15?/m1/s1. The Balaban J connectivity index is 1.44. The number of hydroxylamine groups is 1. The van der Waals surface area contributed by atoms with E-state index in [1.807, 2.05) is 0 Å². The van der Waals surface area contributed by atoms with Crippen LogP contribution in [0.15, 0.2) is 4.79 Å². The van der Waals surface area contributed by atoms with Crippen molar-refractivity contribution in [3.8, 4) is 0 Å². The van der Waals surface area contributed by atoms with Gasteiger partial charge in [0.25, 0.3) is 11.9 Å². The molecule has 20 nitrogen and oxygen atoms in total. The van der Waals surface area contributed by atoms with Crippen LogP contribution in [0.1, 0.15) is 0 Å². The lowest BCUT2D eigenvalue weighted by Crippen LogP contribution is -2.45. The highest BCUT2D eigenvalue weighted by Gasteiger charge is 2.60. The molecule has 186 valence electrons. The van der Waals surface area contributed by atoms with Gasteiger partial charge in [-0.2, -0.15) is 18.7 Å². The van der Waals surface area contributed by atoms with Crippen molar-refractivity contribution >= 4 is 40.9 Å². The molecule has 0 bridgehead atoms. The Morgan fingerprint density at radius 1 is 1.09 bits per heavy atom. The second kappa shape index (κ2) is 8.04. The van der Waals surface area contributed by atoms with Gasteiger partial charge in [-0.1, -0.05) is 0 Å². The highest BCUT2D eigenvalue weighted by Crippen LogP contribution is 2.66. The number of aliphatic hydroxyl groups is 2. The van der Waals surface area contributed by atoms with Crippen molar-refractivity contribution in [1.29, 1.82) is 0 Å². The Kier molecular flexibility index (Phi) is 6.01. The van der Waals surface area contributed by atoms with E-state index < -0.39 is 66.5 Å². The molecule has 7 atom stereocenters. The third-order valence-electron chi connectivity index (χ3n) is 4.39. The van der Waals surface area contributed by atoms with Crippen LogP contribution in [-0.2, 0) is 36.4 Å². The van der Waals surface area contributed by atoms with Crippen LogP contribution in [0, 0.1) is 0 Å². The number of phosphoric acid groups is 3. The smallest absolute Gasteiger partial charge is 0.387 e. The van der Waals surface area contributed by atoms with E-state index in [0.717, 1.165) is 5.06 Å². The molecular formula is C10H16N5O15P3. The Hall–Kier alpha value is -1.47. The first-order valence-corrected chi connectivity index (χ1v) is 13.0. The van der Waals surface area contributed by atoms with Crippen LogP contribution in [0.3, 0.4) is 0 Å². The molecule has 9 N–H and O–H groups in total. The van der Waals surface area contributed by atoms with Crippen molar-refractivity contribution in [2.75, 3.05) is 22.3 Å². The normalized spacial score (nSPS) is 32.2. The van der Waals surface area contributed by atoms with E-state index in [2.05, 4.69) is 23.1 Å². The van der Waals surface area contributed by atoms with Gasteiger partial charge in [-0.05, 0) is 0 Å². The lowest BCUT2D eigenvalue weighted by atomic mass is 10.1. The molecule has 3 aliphatic rings. The van der Waals surface area contributed by atoms with Crippen LogP contribution in [-0.4, -0.2) is 77.3 Å². The van der Waals surface area contributed by atoms with Crippen LogP contribution in [0.2, 0.25) is 0 Å². The summed E-state index contributed by atoms with van der Waals surface area (Å²) >= 11 is 0. The molecule has 3 aliphatic heterocycles. The minimum absolute atomic E-state index is 0.0442. The summed E-state index contributed by atoms with van der Waals surface area (Å²) in [5.74, 6) is -0.305.